The Hall–Kier alpha value is -1.06. The van der Waals surface area contributed by atoms with E-state index in [-0.39, 0.29) is 5.41 Å². The number of carbonyl (C=O) groups is 1. The highest BCUT2D eigenvalue weighted by atomic mass is 16.7. The van der Waals surface area contributed by atoms with Crippen LogP contribution >= 0.6 is 0 Å². The first-order valence-corrected chi connectivity index (χ1v) is 4.25. The van der Waals surface area contributed by atoms with E-state index in [9.17, 15) is 4.79 Å². The van der Waals surface area contributed by atoms with Gasteiger partial charge in [-0.1, -0.05) is 25.9 Å². The van der Waals surface area contributed by atoms with Crippen LogP contribution in [0.3, 0.4) is 0 Å². The molecule has 0 saturated heterocycles. The van der Waals surface area contributed by atoms with Crippen LogP contribution in [0.15, 0.2) is 5.16 Å². The van der Waals surface area contributed by atoms with Gasteiger partial charge in [-0.15, -0.1) is 0 Å². The summed E-state index contributed by atoms with van der Waals surface area (Å²) in [5, 5.41) is 12.7. The van der Waals surface area contributed by atoms with Crippen LogP contribution in [0.5, 0.6) is 0 Å². The highest BCUT2D eigenvalue weighted by Gasteiger charge is 2.44. The van der Waals surface area contributed by atoms with E-state index in [1.165, 1.54) is 6.92 Å². The Kier molecular flexibility index (Phi) is 2.10. The molecule has 13 heavy (non-hydrogen) atoms. The van der Waals surface area contributed by atoms with E-state index in [0.29, 0.717) is 6.42 Å². The van der Waals surface area contributed by atoms with Crippen molar-refractivity contribution in [3.63, 3.8) is 0 Å². The van der Waals surface area contributed by atoms with Crippen LogP contribution in [0.4, 0.5) is 0 Å². The van der Waals surface area contributed by atoms with Crippen molar-refractivity contribution in [3.8, 4) is 0 Å². The van der Waals surface area contributed by atoms with Crippen LogP contribution in [-0.2, 0) is 9.63 Å². The highest BCUT2D eigenvalue weighted by molar-refractivity contribution is 5.95. The molecule has 1 heterocycles. The first kappa shape index (κ1) is 10.0. The van der Waals surface area contributed by atoms with E-state index in [2.05, 4.69) is 5.16 Å². The summed E-state index contributed by atoms with van der Waals surface area (Å²) in [6, 6.07) is 0. The molecule has 1 unspecified atom stereocenters. The van der Waals surface area contributed by atoms with E-state index >= 15 is 0 Å². The maximum atomic E-state index is 10.8. The van der Waals surface area contributed by atoms with Crippen molar-refractivity contribution < 1.29 is 14.7 Å². The first-order chi connectivity index (χ1) is 5.76. The first-order valence-electron chi connectivity index (χ1n) is 4.25. The van der Waals surface area contributed by atoms with Crippen molar-refractivity contribution in [2.24, 2.45) is 10.6 Å². The zero-order valence-electron chi connectivity index (χ0n) is 8.42. The van der Waals surface area contributed by atoms with Gasteiger partial charge < -0.3 is 9.94 Å². The largest absolute Gasteiger partial charge is 0.478 e. The molecule has 0 amide bonds. The second-order valence-electron chi connectivity index (χ2n) is 4.59. The summed E-state index contributed by atoms with van der Waals surface area (Å²) in [6.07, 6.45) is 0.367. The molecule has 4 heteroatoms. The zero-order chi connectivity index (χ0) is 10.3. The molecule has 1 atom stereocenters. The van der Waals surface area contributed by atoms with Crippen molar-refractivity contribution >= 4 is 11.7 Å². The number of hydrogen-bond donors (Lipinski definition) is 1. The quantitative estimate of drug-likeness (QED) is 0.675. The number of hydrogen-bond acceptors (Lipinski definition) is 3. The molecular weight excluding hydrogens is 170 g/mol. The summed E-state index contributed by atoms with van der Waals surface area (Å²) in [5.74, 6) is -0.962. The zero-order valence-corrected chi connectivity index (χ0v) is 8.42. The molecule has 0 bridgehead atoms. The maximum Gasteiger partial charge on any atom is 0.351 e. The molecule has 0 radical (unpaired) electrons. The van der Waals surface area contributed by atoms with Crippen molar-refractivity contribution in [1.29, 1.82) is 0 Å². The lowest BCUT2D eigenvalue weighted by molar-refractivity contribution is -0.160. The van der Waals surface area contributed by atoms with E-state index in [1.807, 2.05) is 20.8 Å². The second kappa shape index (κ2) is 2.72. The molecule has 1 aliphatic heterocycles. The van der Waals surface area contributed by atoms with Crippen molar-refractivity contribution in [2.75, 3.05) is 0 Å². The molecule has 0 spiro atoms. The number of carboxylic acid groups (broad SMARTS) is 1. The van der Waals surface area contributed by atoms with E-state index in [1.54, 1.807) is 0 Å². The highest BCUT2D eigenvalue weighted by Crippen LogP contribution is 2.31. The number of carboxylic acids is 1. The van der Waals surface area contributed by atoms with Crippen LogP contribution in [0.2, 0.25) is 0 Å². The summed E-state index contributed by atoms with van der Waals surface area (Å²) in [6.45, 7) is 7.51. The van der Waals surface area contributed by atoms with Crippen molar-refractivity contribution in [1.82, 2.24) is 0 Å². The van der Waals surface area contributed by atoms with E-state index in [0.717, 1.165) is 5.71 Å². The molecule has 0 aromatic carbocycles. The van der Waals surface area contributed by atoms with Gasteiger partial charge >= 0.3 is 5.97 Å². The minimum absolute atomic E-state index is 0.118. The fraction of sp³-hybridized carbons (Fsp3) is 0.778. The SMILES string of the molecule is CC(C)(C)C1=NOC(C)(C(=O)O)C1. The smallest absolute Gasteiger partial charge is 0.351 e. The topological polar surface area (TPSA) is 58.9 Å². The number of nitrogens with zero attached hydrogens (tertiary/aromatic N) is 1. The summed E-state index contributed by atoms with van der Waals surface area (Å²) < 4.78 is 0. The summed E-state index contributed by atoms with van der Waals surface area (Å²) in [5.41, 5.74) is -0.479. The van der Waals surface area contributed by atoms with Gasteiger partial charge in [0.15, 0.2) is 0 Å². The average molecular weight is 185 g/mol. The summed E-state index contributed by atoms with van der Waals surface area (Å²) in [7, 11) is 0. The predicted molar refractivity (Wildman–Crippen MR) is 48.6 cm³/mol. The molecule has 1 N–H and O–H groups in total. The van der Waals surface area contributed by atoms with Gasteiger partial charge in [-0.3, -0.25) is 0 Å². The van der Waals surface area contributed by atoms with E-state index in [4.69, 9.17) is 9.94 Å². The summed E-state index contributed by atoms with van der Waals surface area (Å²) in [4.78, 5) is 15.7. The molecule has 1 aliphatic rings. The minimum Gasteiger partial charge on any atom is -0.478 e. The van der Waals surface area contributed by atoms with Gasteiger partial charge in [-0.05, 0) is 6.92 Å². The lowest BCUT2D eigenvalue weighted by atomic mass is 9.84. The Labute approximate surface area is 77.6 Å². The van der Waals surface area contributed by atoms with Crippen LogP contribution < -0.4 is 0 Å². The van der Waals surface area contributed by atoms with Crippen molar-refractivity contribution in [3.05, 3.63) is 0 Å². The normalized spacial score (nSPS) is 28.2. The molecular formula is C9H15NO3. The standard InChI is InChI=1S/C9H15NO3/c1-8(2,3)6-5-9(4,7(11)12)13-10-6/h5H2,1-4H3,(H,11,12). The van der Waals surface area contributed by atoms with Crippen LogP contribution in [0.1, 0.15) is 34.1 Å². The van der Waals surface area contributed by atoms with Gasteiger partial charge in [0, 0.05) is 11.8 Å². The van der Waals surface area contributed by atoms with Gasteiger partial charge in [0.2, 0.25) is 5.60 Å². The van der Waals surface area contributed by atoms with E-state index < -0.39 is 11.6 Å². The minimum atomic E-state index is -1.16. The molecule has 74 valence electrons. The molecule has 1 rings (SSSR count). The van der Waals surface area contributed by atoms with Gasteiger partial charge in [0.1, 0.15) is 0 Å². The Morgan fingerprint density at radius 2 is 2.15 bits per heavy atom. The number of aliphatic carboxylic acids is 1. The van der Waals surface area contributed by atoms with Crippen molar-refractivity contribution in [2.45, 2.75) is 39.7 Å². The lowest BCUT2D eigenvalue weighted by Gasteiger charge is -2.19. The third kappa shape index (κ3) is 1.82. The molecule has 0 aliphatic carbocycles. The van der Waals surface area contributed by atoms with Gasteiger partial charge in [-0.25, -0.2) is 4.79 Å². The monoisotopic (exact) mass is 185 g/mol. The number of rotatable bonds is 1. The molecule has 4 nitrogen and oxygen atoms in total. The van der Waals surface area contributed by atoms with Crippen LogP contribution in [0, 0.1) is 5.41 Å². The lowest BCUT2D eigenvalue weighted by Crippen LogP contribution is -2.36. The third-order valence-corrected chi connectivity index (χ3v) is 2.18. The van der Waals surface area contributed by atoms with Gasteiger partial charge in [0.25, 0.3) is 0 Å². The second-order valence-corrected chi connectivity index (χ2v) is 4.59. The van der Waals surface area contributed by atoms with Gasteiger partial charge in [0.05, 0.1) is 5.71 Å². The fourth-order valence-corrected chi connectivity index (χ4v) is 1.06. The Morgan fingerprint density at radius 3 is 2.38 bits per heavy atom. The third-order valence-electron chi connectivity index (χ3n) is 2.18. The van der Waals surface area contributed by atoms with Crippen LogP contribution in [0.25, 0.3) is 0 Å². The molecule has 0 aromatic rings. The molecule has 0 saturated carbocycles. The maximum absolute atomic E-state index is 10.8. The Morgan fingerprint density at radius 1 is 1.62 bits per heavy atom. The molecule has 0 aromatic heterocycles. The van der Waals surface area contributed by atoms with Crippen LogP contribution in [-0.4, -0.2) is 22.4 Å². The number of oxime groups is 1. The average Bonchev–Trinajstić information content (AvgIpc) is 2.31. The predicted octanol–water partition coefficient (Wildman–Crippen LogP) is 1.65. The van der Waals surface area contributed by atoms with Gasteiger partial charge in [-0.2, -0.15) is 0 Å². The summed E-state index contributed by atoms with van der Waals surface area (Å²) >= 11 is 0. The molecule has 0 fully saturated rings. The Bertz CT molecular complexity index is 265. The Balaban J connectivity index is 2.77. The fourth-order valence-electron chi connectivity index (χ4n) is 1.06.